The third-order valence-electron chi connectivity index (χ3n) is 2.10. The molecule has 0 saturated heterocycles. The Morgan fingerprint density at radius 2 is 2.12 bits per heavy atom. The van der Waals surface area contributed by atoms with Crippen LogP contribution >= 0.6 is 11.6 Å². The van der Waals surface area contributed by atoms with Gasteiger partial charge in [-0.05, 0) is 24.1 Å². The van der Waals surface area contributed by atoms with E-state index in [4.69, 9.17) is 17.3 Å². The molecule has 0 bridgehead atoms. The Hall–Kier alpha value is -1.55. The van der Waals surface area contributed by atoms with Gasteiger partial charge < -0.3 is 10.5 Å². The summed E-state index contributed by atoms with van der Waals surface area (Å²) in [5.41, 5.74) is 6.16. The van der Waals surface area contributed by atoms with Crippen LogP contribution in [0.25, 0.3) is 0 Å². The molecule has 0 unspecified atom stereocenters. The lowest BCUT2D eigenvalue weighted by Crippen LogP contribution is -2.11. The monoisotopic (exact) mass is 241 g/mol. The molecule has 1 amide bonds. The van der Waals surface area contributed by atoms with Crippen molar-refractivity contribution in [1.82, 2.24) is 0 Å². The van der Waals surface area contributed by atoms with Crippen molar-refractivity contribution in [2.45, 2.75) is 12.8 Å². The van der Waals surface area contributed by atoms with Crippen LogP contribution in [-0.2, 0) is 16.0 Å². The molecule has 16 heavy (non-hydrogen) atoms. The van der Waals surface area contributed by atoms with E-state index in [2.05, 4.69) is 4.74 Å². The topological polar surface area (TPSA) is 69.4 Å². The van der Waals surface area contributed by atoms with Gasteiger partial charge in [-0.2, -0.15) is 0 Å². The van der Waals surface area contributed by atoms with Crippen molar-refractivity contribution in [1.29, 1.82) is 0 Å². The summed E-state index contributed by atoms with van der Waals surface area (Å²) < 4.78 is 4.58. The van der Waals surface area contributed by atoms with Crippen molar-refractivity contribution in [3.63, 3.8) is 0 Å². The highest BCUT2D eigenvalue weighted by Crippen LogP contribution is 2.19. The molecule has 1 aromatic carbocycles. The number of aryl methyl sites for hydroxylation is 1. The van der Waals surface area contributed by atoms with Gasteiger partial charge in [-0.25, -0.2) is 4.79 Å². The van der Waals surface area contributed by atoms with Crippen molar-refractivity contribution in [3.05, 3.63) is 34.3 Å². The van der Waals surface area contributed by atoms with Crippen LogP contribution in [0.2, 0.25) is 5.02 Å². The van der Waals surface area contributed by atoms with Gasteiger partial charge in [0.25, 0.3) is 0 Å². The van der Waals surface area contributed by atoms with Crippen LogP contribution in [0.4, 0.5) is 0 Å². The first-order chi connectivity index (χ1) is 7.54. The number of methoxy groups -OCH3 is 1. The van der Waals surface area contributed by atoms with Gasteiger partial charge in [0.1, 0.15) is 0 Å². The normalized spacial score (nSPS) is 9.88. The van der Waals surface area contributed by atoms with E-state index in [9.17, 15) is 9.59 Å². The molecule has 0 aliphatic carbocycles. The lowest BCUT2D eigenvalue weighted by atomic mass is 10.1. The van der Waals surface area contributed by atoms with Gasteiger partial charge in [-0.15, -0.1) is 0 Å². The number of benzene rings is 1. The predicted molar refractivity (Wildman–Crippen MR) is 60.3 cm³/mol. The van der Waals surface area contributed by atoms with E-state index in [-0.39, 0.29) is 12.3 Å². The minimum Gasteiger partial charge on any atom is -0.465 e. The minimum absolute atomic E-state index is 0.238. The summed E-state index contributed by atoms with van der Waals surface area (Å²) in [5, 5.41) is 0.328. The molecule has 1 rings (SSSR count). The fourth-order valence-electron chi connectivity index (χ4n) is 1.26. The highest BCUT2D eigenvalue weighted by atomic mass is 35.5. The molecule has 0 aliphatic heterocycles. The van der Waals surface area contributed by atoms with Gasteiger partial charge in [0, 0.05) is 6.42 Å². The lowest BCUT2D eigenvalue weighted by molar-refractivity contribution is -0.117. The maximum Gasteiger partial charge on any atom is 0.339 e. The molecule has 0 aromatic heterocycles. The molecule has 0 spiro atoms. The first kappa shape index (κ1) is 12.5. The Morgan fingerprint density at radius 3 is 2.69 bits per heavy atom. The summed E-state index contributed by atoms with van der Waals surface area (Å²) in [6.07, 6.45) is 0.721. The Bertz CT molecular complexity index is 418. The van der Waals surface area contributed by atoms with E-state index in [1.54, 1.807) is 18.2 Å². The Balaban J connectivity index is 2.89. The number of hydrogen-bond donors (Lipinski definition) is 1. The molecule has 0 radical (unpaired) electrons. The van der Waals surface area contributed by atoms with E-state index in [0.717, 1.165) is 5.56 Å². The molecule has 0 aliphatic rings. The van der Waals surface area contributed by atoms with Crippen LogP contribution < -0.4 is 5.73 Å². The van der Waals surface area contributed by atoms with E-state index < -0.39 is 5.97 Å². The zero-order valence-electron chi connectivity index (χ0n) is 8.83. The molecule has 4 nitrogen and oxygen atoms in total. The number of hydrogen-bond acceptors (Lipinski definition) is 3. The summed E-state index contributed by atoms with van der Waals surface area (Å²) in [5.74, 6) is -0.875. The fourth-order valence-corrected chi connectivity index (χ4v) is 1.46. The van der Waals surface area contributed by atoms with E-state index in [0.29, 0.717) is 17.0 Å². The quantitative estimate of drug-likeness (QED) is 0.813. The minimum atomic E-state index is -0.495. The Morgan fingerprint density at radius 1 is 1.44 bits per heavy atom. The molecule has 0 fully saturated rings. The molecule has 0 saturated carbocycles. The van der Waals surface area contributed by atoms with Crippen molar-refractivity contribution >= 4 is 23.5 Å². The number of halogens is 1. The van der Waals surface area contributed by atoms with E-state index in [1.165, 1.54) is 7.11 Å². The molecule has 5 heteroatoms. The number of ether oxygens (including phenoxy) is 1. The van der Waals surface area contributed by atoms with Gasteiger partial charge in [0.05, 0.1) is 17.7 Å². The van der Waals surface area contributed by atoms with E-state index in [1.807, 2.05) is 0 Å². The van der Waals surface area contributed by atoms with Crippen molar-refractivity contribution in [3.8, 4) is 0 Å². The van der Waals surface area contributed by atoms with Gasteiger partial charge in [0.15, 0.2) is 0 Å². The van der Waals surface area contributed by atoms with E-state index >= 15 is 0 Å². The molecular formula is C11H12ClNO3. The molecule has 0 heterocycles. The Labute approximate surface area is 98.3 Å². The zero-order valence-corrected chi connectivity index (χ0v) is 9.58. The lowest BCUT2D eigenvalue weighted by Gasteiger charge is -2.05. The summed E-state index contributed by atoms with van der Waals surface area (Å²) in [6, 6.07) is 4.96. The summed E-state index contributed by atoms with van der Waals surface area (Å²) in [4.78, 5) is 21.9. The summed E-state index contributed by atoms with van der Waals surface area (Å²) >= 11 is 5.84. The largest absolute Gasteiger partial charge is 0.465 e. The second-order valence-corrected chi connectivity index (χ2v) is 3.68. The second kappa shape index (κ2) is 5.51. The van der Waals surface area contributed by atoms with Crippen molar-refractivity contribution in [2.75, 3.05) is 7.11 Å². The first-order valence-corrected chi connectivity index (χ1v) is 5.07. The average molecular weight is 242 g/mol. The third-order valence-corrected chi connectivity index (χ3v) is 2.43. The SMILES string of the molecule is COC(=O)c1cc(CCC(N)=O)ccc1Cl. The molecule has 2 N–H and O–H groups in total. The first-order valence-electron chi connectivity index (χ1n) is 4.69. The number of carbonyl (C=O) groups is 2. The number of amides is 1. The fraction of sp³-hybridized carbons (Fsp3) is 0.273. The predicted octanol–water partition coefficient (Wildman–Crippen LogP) is 1.54. The maximum atomic E-state index is 11.3. The van der Waals surface area contributed by atoms with Crippen LogP contribution in [0, 0.1) is 0 Å². The summed E-state index contributed by atoms with van der Waals surface area (Å²) in [7, 11) is 1.29. The van der Waals surface area contributed by atoms with Crippen molar-refractivity contribution in [2.24, 2.45) is 5.73 Å². The molecule has 0 atom stereocenters. The van der Waals surface area contributed by atoms with Gasteiger partial charge in [-0.3, -0.25) is 4.79 Å². The number of nitrogens with two attached hydrogens (primary N) is 1. The number of esters is 1. The van der Waals surface area contributed by atoms with Crippen molar-refractivity contribution < 1.29 is 14.3 Å². The molecule has 1 aromatic rings. The maximum absolute atomic E-state index is 11.3. The number of primary amides is 1. The third kappa shape index (κ3) is 3.24. The average Bonchev–Trinajstić information content (AvgIpc) is 2.27. The molecule has 86 valence electrons. The highest BCUT2D eigenvalue weighted by Gasteiger charge is 2.11. The Kier molecular flexibility index (Phi) is 4.31. The van der Waals surface area contributed by atoms with Crippen LogP contribution in [0.15, 0.2) is 18.2 Å². The number of carbonyl (C=O) groups excluding carboxylic acids is 2. The number of rotatable bonds is 4. The van der Waals surface area contributed by atoms with Crippen LogP contribution in [-0.4, -0.2) is 19.0 Å². The summed E-state index contributed by atoms with van der Waals surface area (Å²) in [6.45, 7) is 0. The van der Waals surface area contributed by atoms with Crippen LogP contribution in [0.5, 0.6) is 0 Å². The highest BCUT2D eigenvalue weighted by molar-refractivity contribution is 6.33. The van der Waals surface area contributed by atoms with Crippen LogP contribution in [0.1, 0.15) is 22.3 Å². The zero-order chi connectivity index (χ0) is 12.1. The van der Waals surface area contributed by atoms with Gasteiger partial charge in [-0.1, -0.05) is 17.7 Å². The second-order valence-electron chi connectivity index (χ2n) is 3.27. The van der Waals surface area contributed by atoms with Gasteiger partial charge in [0.2, 0.25) is 5.91 Å². The standard InChI is InChI=1S/C11H12ClNO3/c1-16-11(15)8-6-7(2-4-9(8)12)3-5-10(13)14/h2,4,6H,3,5H2,1H3,(H2,13,14). The van der Waals surface area contributed by atoms with Crippen LogP contribution in [0.3, 0.4) is 0 Å². The smallest absolute Gasteiger partial charge is 0.339 e. The van der Waals surface area contributed by atoms with Gasteiger partial charge >= 0.3 is 5.97 Å². The molecular weight excluding hydrogens is 230 g/mol.